The van der Waals surface area contributed by atoms with E-state index in [4.69, 9.17) is 39.5 Å². The van der Waals surface area contributed by atoms with Gasteiger partial charge in [0.1, 0.15) is 18.2 Å². The molecule has 1 aromatic heterocycles. The average Bonchev–Trinajstić information content (AvgIpc) is 3.10. The minimum absolute atomic E-state index is 0.0943. The molecule has 158 valence electrons. The van der Waals surface area contributed by atoms with Gasteiger partial charge in [-0.1, -0.05) is 46.6 Å². The summed E-state index contributed by atoms with van der Waals surface area (Å²) < 4.78 is 20.6. The van der Waals surface area contributed by atoms with Gasteiger partial charge in [-0.3, -0.25) is 4.79 Å². The first-order valence-electron chi connectivity index (χ1n) is 8.75. The normalized spacial score (nSPS) is 10.8. The van der Waals surface area contributed by atoms with Gasteiger partial charge < -0.3 is 14.6 Å². The second-order valence-corrected chi connectivity index (χ2v) is 8.16. The summed E-state index contributed by atoms with van der Waals surface area (Å²) in [6.07, 6.45) is 0. The van der Waals surface area contributed by atoms with Crippen LogP contribution in [-0.4, -0.2) is 26.4 Å². The Morgan fingerprint density at radius 1 is 1.17 bits per heavy atom. The first-order valence-corrected chi connectivity index (χ1v) is 10.9. The van der Waals surface area contributed by atoms with E-state index in [0.29, 0.717) is 39.0 Å². The van der Waals surface area contributed by atoms with E-state index in [1.165, 1.54) is 30.0 Å². The summed E-state index contributed by atoms with van der Waals surface area (Å²) in [4.78, 5) is 12.3. The van der Waals surface area contributed by atoms with Crippen LogP contribution in [-0.2, 0) is 17.9 Å². The van der Waals surface area contributed by atoms with Gasteiger partial charge in [0.25, 0.3) is 0 Å². The molecule has 1 heterocycles. The molecule has 2 aromatic carbocycles. The van der Waals surface area contributed by atoms with E-state index in [9.17, 15) is 9.18 Å². The molecule has 0 spiro atoms. The number of hydrogen-bond donors (Lipinski definition) is 1. The van der Waals surface area contributed by atoms with Crippen LogP contribution in [0.4, 0.5) is 10.1 Å². The van der Waals surface area contributed by atoms with Crippen LogP contribution in [0.1, 0.15) is 12.7 Å². The number of aromatic nitrogens is 3. The zero-order valence-corrected chi connectivity index (χ0v) is 18.7. The maximum Gasteiger partial charge on any atom is 0.234 e. The van der Waals surface area contributed by atoms with Gasteiger partial charge in [-0.15, -0.1) is 10.2 Å². The van der Waals surface area contributed by atoms with Crippen molar-refractivity contribution in [3.05, 3.63) is 63.1 Å². The molecule has 0 fully saturated rings. The number of nitrogens with zero attached hydrogens (tertiary/aromatic N) is 3. The Balaban J connectivity index is 1.61. The molecule has 3 rings (SSSR count). The van der Waals surface area contributed by atoms with E-state index in [1.54, 1.807) is 18.2 Å². The van der Waals surface area contributed by atoms with Gasteiger partial charge in [0.05, 0.1) is 21.5 Å². The van der Waals surface area contributed by atoms with Crippen molar-refractivity contribution in [2.24, 2.45) is 0 Å². The highest BCUT2D eigenvalue weighted by Gasteiger charge is 2.15. The van der Waals surface area contributed by atoms with E-state index in [1.807, 2.05) is 11.5 Å². The average molecular weight is 490 g/mol. The Kier molecular flexibility index (Phi) is 7.82. The number of anilines is 1. The van der Waals surface area contributed by atoms with Crippen molar-refractivity contribution in [2.75, 3.05) is 11.1 Å². The van der Waals surface area contributed by atoms with Gasteiger partial charge >= 0.3 is 0 Å². The number of nitrogens with one attached hydrogen (secondary N) is 1. The molecule has 1 amide bonds. The van der Waals surface area contributed by atoms with Crippen LogP contribution < -0.4 is 10.1 Å². The fourth-order valence-electron chi connectivity index (χ4n) is 2.49. The highest BCUT2D eigenvalue weighted by Crippen LogP contribution is 2.27. The number of carbonyl (C=O) groups excluding carboxylic acids is 1. The van der Waals surface area contributed by atoms with Gasteiger partial charge in [-0.05, 0) is 43.3 Å². The lowest BCUT2D eigenvalue weighted by atomic mass is 10.3. The van der Waals surface area contributed by atoms with Crippen molar-refractivity contribution in [1.82, 2.24) is 14.8 Å². The van der Waals surface area contributed by atoms with Crippen LogP contribution in [0.3, 0.4) is 0 Å². The Labute approximate surface area is 191 Å². The summed E-state index contributed by atoms with van der Waals surface area (Å²) >= 11 is 19.2. The Morgan fingerprint density at radius 3 is 2.70 bits per heavy atom. The maximum atomic E-state index is 13.1. The minimum atomic E-state index is -0.444. The number of thioether (sulfide) groups is 1. The van der Waals surface area contributed by atoms with Crippen LogP contribution in [0.25, 0.3) is 0 Å². The lowest BCUT2D eigenvalue weighted by molar-refractivity contribution is -0.113. The number of halogens is 4. The fraction of sp³-hybridized carbons (Fsp3) is 0.211. The molecular weight excluding hydrogens is 474 g/mol. The number of amides is 1. The lowest BCUT2D eigenvalue weighted by Gasteiger charge is -2.10. The molecule has 0 atom stereocenters. The quantitative estimate of drug-likeness (QED) is 0.411. The zero-order chi connectivity index (χ0) is 21.7. The summed E-state index contributed by atoms with van der Waals surface area (Å²) in [7, 11) is 0. The predicted octanol–water partition coefficient (Wildman–Crippen LogP) is 5.71. The molecular formula is C19H16Cl3FN4O2S. The van der Waals surface area contributed by atoms with Crippen LogP contribution in [0.2, 0.25) is 15.1 Å². The van der Waals surface area contributed by atoms with E-state index < -0.39 is 5.82 Å². The molecule has 6 nitrogen and oxygen atoms in total. The Hall–Kier alpha value is -2.00. The van der Waals surface area contributed by atoms with Gasteiger partial charge in [-0.2, -0.15) is 0 Å². The third-order valence-corrected chi connectivity index (χ3v) is 5.72. The smallest absolute Gasteiger partial charge is 0.234 e. The number of carbonyl (C=O) groups is 1. The topological polar surface area (TPSA) is 69.0 Å². The molecule has 0 aliphatic carbocycles. The number of rotatable bonds is 8. The third-order valence-electron chi connectivity index (χ3n) is 3.90. The minimum Gasteiger partial charge on any atom is -0.484 e. The van der Waals surface area contributed by atoms with E-state index >= 15 is 0 Å². The molecule has 0 radical (unpaired) electrons. The van der Waals surface area contributed by atoms with Gasteiger partial charge in [0, 0.05) is 11.6 Å². The Morgan fingerprint density at radius 2 is 1.97 bits per heavy atom. The second-order valence-electron chi connectivity index (χ2n) is 5.97. The molecule has 30 heavy (non-hydrogen) atoms. The summed E-state index contributed by atoms with van der Waals surface area (Å²) in [5, 5.41) is 12.6. The summed E-state index contributed by atoms with van der Waals surface area (Å²) in [5.74, 6) is 0.297. The SMILES string of the molecule is CCn1c(COc2ccc(F)cc2Cl)nnc1SCC(=O)Nc1cc(Cl)ccc1Cl. The maximum absolute atomic E-state index is 13.1. The lowest BCUT2D eigenvalue weighted by Crippen LogP contribution is -2.15. The van der Waals surface area contributed by atoms with E-state index in [-0.39, 0.29) is 23.3 Å². The second kappa shape index (κ2) is 10.3. The molecule has 0 aliphatic heterocycles. The van der Waals surface area contributed by atoms with Gasteiger partial charge in [-0.25, -0.2) is 4.39 Å². The first kappa shape index (κ1) is 22.7. The van der Waals surface area contributed by atoms with Crippen molar-refractivity contribution >= 4 is 58.2 Å². The van der Waals surface area contributed by atoms with Crippen molar-refractivity contribution in [3.8, 4) is 5.75 Å². The van der Waals surface area contributed by atoms with Crippen LogP contribution in [0.15, 0.2) is 41.6 Å². The van der Waals surface area contributed by atoms with Crippen LogP contribution >= 0.6 is 46.6 Å². The van der Waals surface area contributed by atoms with E-state index in [2.05, 4.69) is 15.5 Å². The molecule has 1 N–H and O–H groups in total. The first-order chi connectivity index (χ1) is 14.4. The zero-order valence-electron chi connectivity index (χ0n) is 15.7. The summed E-state index contributed by atoms with van der Waals surface area (Å²) in [5.41, 5.74) is 0.442. The van der Waals surface area contributed by atoms with Gasteiger partial charge in [0.2, 0.25) is 5.91 Å². The highest BCUT2D eigenvalue weighted by molar-refractivity contribution is 7.99. The predicted molar refractivity (Wildman–Crippen MR) is 117 cm³/mol. The molecule has 0 saturated carbocycles. The molecule has 0 bridgehead atoms. The molecule has 0 unspecified atom stereocenters. The Bertz CT molecular complexity index is 1060. The van der Waals surface area contributed by atoms with Crippen molar-refractivity contribution < 1.29 is 13.9 Å². The highest BCUT2D eigenvalue weighted by atomic mass is 35.5. The van der Waals surface area contributed by atoms with Crippen molar-refractivity contribution in [3.63, 3.8) is 0 Å². The van der Waals surface area contributed by atoms with Crippen molar-refractivity contribution in [1.29, 1.82) is 0 Å². The van der Waals surface area contributed by atoms with E-state index in [0.717, 1.165) is 0 Å². The van der Waals surface area contributed by atoms with Crippen molar-refractivity contribution in [2.45, 2.75) is 25.2 Å². The number of benzene rings is 2. The number of hydrogen-bond acceptors (Lipinski definition) is 5. The fourth-order valence-corrected chi connectivity index (χ4v) is 3.87. The molecule has 0 aliphatic rings. The number of ether oxygens (including phenoxy) is 1. The molecule has 0 saturated heterocycles. The van der Waals surface area contributed by atoms with Gasteiger partial charge in [0.15, 0.2) is 11.0 Å². The molecule has 11 heteroatoms. The summed E-state index contributed by atoms with van der Waals surface area (Å²) in [6, 6.07) is 8.72. The van der Waals surface area contributed by atoms with Crippen LogP contribution in [0.5, 0.6) is 5.75 Å². The standard InChI is InChI=1S/C19H16Cl3FN4O2S/c1-2-27-17(9-29-16-6-4-12(23)8-14(16)22)25-26-19(27)30-10-18(28)24-15-7-11(20)3-5-13(15)21/h3-8H,2,9-10H2,1H3,(H,24,28). The summed E-state index contributed by atoms with van der Waals surface area (Å²) in [6.45, 7) is 2.59. The molecule has 3 aromatic rings. The van der Waals surface area contributed by atoms with Crippen LogP contribution in [0, 0.1) is 5.82 Å². The monoisotopic (exact) mass is 488 g/mol. The third kappa shape index (κ3) is 5.78. The largest absolute Gasteiger partial charge is 0.484 e.